The van der Waals surface area contributed by atoms with Gasteiger partial charge in [-0.3, -0.25) is 4.68 Å². The summed E-state index contributed by atoms with van der Waals surface area (Å²) in [4.78, 5) is 0. The smallest absolute Gasteiger partial charge is 0.129 e. The van der Waals surface area contributed by atoms with Crippen LogP contribution in [0.2, 0.25) is 0 Å². The van der Waals surface area contributed by atoms with Crippen LogP contribution >= 0.6 is 0 Å². The quantitative estimate of drug-likeness (QED) is 0.899. The molecule has 0 amide bonds. The number of aromatic nitrogens is 2. The molecule has 1 N–H and O–H groups in total. The average molecular weight is 265 g/mol. The summed E-state index contributed by atoms with van der Waals surface area (Å²) in [6, 6.07) is 5.82. The lowest BCUT2D eigenvalue weighted by molar-refractivity contribution is 0.491. The molecule has 0 aliphatic rings. The fourth-order valence-corrected chi connectivity index (χ4v) is 1.96. The van der Waals surface area contributed by atoms with Gasteiger partial charge in [0.05, 0.1) is 5.69 Å². The Labute approximate surface area is 111 Å². The van der Waals surface area contributed by atoms with Crippen molar-refractivity contribution in [2.24, 2.45) is 7.05 Å². The first-order valence-corrected chi connectivity index (χ1v) is 6.21. The summed E-state index contributed by atoms with van der Waals surface area (Å²) in [6.07, 6.45) is 2.04. The van der Waals surface area contributed by atoms with Crippen LogP contribution in [0.5, 0.6) is 0 Å². The van der Waals surface area contributed by atoms with E-state index in [9.17, 15) is 8.78 Å². The molecule has 2 rings (SSSR count). The van der Waals surface area contributed by atoms with Crippen molar-refractivity contribution in [1.82, 2.24) is 15.1 Å². The molecule has 1 heterocycles. The summed E-state index contributed by atoms with van der Waals surface area (Å²) < 4.78 is 28.8. The van der Waals surface area contributed by atoms with Gasteiger partial charge >= 0.3 is 0 Å². The van der Waals surface area contributed by atoms with Crippen LogP contribution in [0.15, 0.2) is 30.5 Å². The van der Waals surface area contributed by atoms with Crippen LogP contribution in [-0.2, 0) is 20.0 Å². The molecule has 0 saturated carbocycles. The first-order valence-electron chi connectivity index (χ1n) is 6.21. The third kappa shape index (κ3) is 3.38. The van der Waals surface area contributed by atoms with Crippen molar-refractivity contribution in [2.75, 3.05) is 0 Å². The second-order valence-corrected chi connectivity index (χ2v) is 4.63. The number of hydrogen-bond donors (Lipinski definition) is 1. The summed E-state index contributed by atoms with van der Waals surface area (Å²) in [5, 5.41) is 7.30. The monoisotopic (exact) mass is 265 g/mol. The lowest BCUT2D eigenvalue weighted by atomic mass is 10.1. The van der Waals surface area contributed by atoms with Gasteiger partial charge in [0, 0.05) is 31.4 Å². The Morgan fingerprint density at radius 2 is 1.95 bits per heavy atom. The number of rotatable bonds is 5. The largest absolute Gasteiger partial charge is 0.308 e. The highest BCUT2D eigenvalue weighted by Crippen LogP contribution is 2.14. The van der Waals surface area contributed by atoms with Gasteiger partial charge in [0.1, 0.15) is 11.6 Å². The van der Waals surface area contributed by atoms with Crippen molar-refractivity contribution in [1.29, 1.82) is 0 Å². The minimum atomic E-state index is -0.491. The number of benzene rings is 1. The van der Waals surface area contributed by atoms with Gasteiger partial charge in [0.15, 0.2) is 0 Å². The van der Waals surface area contributed by atoms with Crippen LogP contribution in [-0.4, -0.2) is 15.8 Å². The molecule has 3 nitrogen and oxygen atoms in total. The standard InChI is InChI=1S/C14H17F2N3/c1-10(17-9-11-6-7-18-19(11)2)8-12-13(15)4-3-5-14(12)16/h3-7,10,17H,8-9H2,1-2H3. The maximum atomic E-state index is 13.5. The molecule has 1 atom stereocenters. The Kier molecular flexibility index (Phi) is 4.27. The second-order valence-electron chi connectivity index (χ2n) is 4.63. The highest BCUT2D eigenvalue weighted by Gasteiger charge is 2.12. The normalized spacial score (nSPS) is 12.6. The molecule has 102 valence electrons. The molecule has 0 spiro atoms. The van der Waals surface area contributed by atoms with Crippen LogP contribution in [0.25, 0.3) is 0 Å². The molecule has 1 aromatic carbocycles. The Hall–Kier alpha value is -1.75. The fraction of sp³-hybridized carbons (Fsp3) is 0.357. The zero-order chi connectivity index (χ0) is 13.8. The lowest BCUT2D eigenvalue weighted by Gasteiger charge is -2.15. The summed E-state index contributed by atoms with van der Waals surface area (Å²) in [5.74, 6) is -0.983. The maximum Gasteiger partial charge on any atom is 0.129 e. The molecular formula is C14H17F2N3. The van der Waals surface area contributed by atoms with E-state index < -0.39 is 11.6 Å². The summed E-state index contributed by atoms with van der Waals surface area (Å²) in [5.41, 5.74) is 1.16. The topological polar surface area (TPSA) is 29.9 Å². The molecule has 1 unspecified atom stereocenters. The van der Waals surface area contributed by atoms with E-state index in [4.69, 9.17) is 0 Å². The minimum Gasteiger partial charge on any atom is -0.308 e. The van der Waals surface area contributed by atoms with Gasteiger partial charge in [0.25, 0.3) is 0 Å². The van der Waals surface area contributed by atoms with Gasteiger partial charge in [-0.15, -0.1) is 0 Å². The first kappa shape index (κ1) is 13.7. The average Bonchev–Trinajstić information content (AvgIpc) is 2.77. The van der Waals surface area contributed by atoms with Gasteiger partial charge in [-0.1, -0.05) is 6.07 Å². The zero-order valence-corrected chi connectivity index (χ0v) is 11.0. The Morgan fingerprint density at radius 3 is 2.53 bits per heavy atom. The SMILES string of the molecule is CC(Cc1c(F)cccc1F)NCc1ccnn1C. The van der Waals surface area contributed by atoms with E-state index in [2.05, 4.69) is 10.4 Å². The number of halogens is 2. The fourth-order valence-electron chi connectivity index (χ4n) is 1.96. The molecule has 0 aliphatic heterocycles. The van der Waals surface area contributed by atoms with E-state index in [-0.39, 0.29) is 11.6 Å². The predicted octanol–water partition coefficient (Wildman–Crippen LogP) is 2.42. The number of nitrogens with one attached hydrogen (secondary N) is 1. The molecule has 0 fully saturated rings. The van der Waals surface area contributed by atoms with Gasteiger partial charge in [0.2, 0.25) is 0 Å². The number of nitrogens with zero attached hydrogens (tertiary/aromatic N) is 2. The van der Waals surface area contributed by atoms with Crippen LogP contribution < -0.4 is 5.32 Å². The summed E-state index contributed by atoms with van der Waals surface area (Å²) >= 11 is 0. The molecule has 2 aromatic rings. The van der Waals surface area contributed by atoms with Crippen molar-refractivity contribution < 1.29 is 8.78 Å². The van der Waals surface area contributed by atoms with Crippen LogP contribution in [0.3, 0.4) is 0 Å². The van der Waals surface area contributed by atoms with Crippen molar-refractivity contribution in [2.45, 2.75) is 25.9 Å². The molecule has 5 heteroatoms. The van der Waals surface area contributed by atoms with Crippen molar-refractivity contribution in [3.63, 3.8) is 0 Å². The Morgan fingerprint density at radius 1 is 1.26 bits per heavy atom. The van der Waals surface area contributed by atoms with Gasteiger partial charge in [-0.25, -0.2) is 8.78 Å². The van der Waals surface area contributed by atoms with E-state index in [1.807, 2.05) is 20.0 Å². The third-order valence-corrected chi connectivity index (χ3v) is 3.13. The summed E-state index contributed by atoms with van der Waals surface area (Å²) in [6.45, 7) is 2.52. The predicted molar refractivity (Wildman–Crippen MR) is 69.6 cm³/mol. The van der Waals surface area contributed by atoms with Gasteiger partial charge < -0.3 is 5.32 Å². The third-order valence-electron chi connectivity index (χ3n) is 3.13. The maximum absolute atomic E-state index is 13.5. The Balaban J connectivity index is 1.94. The number of hydrogen-bond acceptors (Lipinski definition) is 2. The first-order chi connectivity index (χ1) is 9.08. The van der Waals surface area contributed by atoms with Gasteiger partial charge in [-0.2, -0.15) is 5.10 Å². The Bertz CT molecular complexity index is 531. The van der Waals surface area contributed by atoms with Gasteiger partial charge in [-0.05, 0) is 31.5 Å². The molecular weight excluding hydrogens is 248 g/mol. The number of aryl methyl sites for hydroxylation is 1. The molecule has 0 saturated heterocycles. The van der Waals surface area contributed by atoms with E-state index in [1.165, 1.54) is 18.2 Å². The van der Waals surface area contributed by atoms with Crippen LogP contribution in [0.4, 0.5) is 8.78 Å². The van der Waals surface area contributed by atoms with E-state index >= 15 is 0 Å². The van der Waals surface area contributed by atoms with Crippen molar-refractivity contribution in [3.05, 3.63) is 53.4 Å². The molecule has 1 aromatic heterocycles. The van der Waals surface area contributed by atoms with E-state index in [0.717, 1.165) is 5.69 Å². The minimum absolute atomic E-state index is 0.0266. The summed E-state index contributed by atoms with van der Waals surface area (Å²) in [7, 11) is 1.86. The van der Waals surface area contributed by atoms with Crippen LogP contribution in [0.1, 0.15) is 18.2 Å². The van der Waals surface area contributed by atoms with Crippen LogP contribution in [0, 0.1) is 11.6 Å². The highest BCUT2D eigenvalue weighted by atomic mass is 19.1. The lowest BCUT2D eigenvalue weighted by Crippen LogP contribution is -2.29. The molecule has 0 radical (unpaired) electrons. The zero-order valence-electron chi connectivity index (χ0n) is 11.0. The second kappa shape index (κ2) is 5.93. The van der Waals surface area contributed by atoms with Crippen molar-refractivity contribution >= 4 is 0 Å². The highest BCUT2D eigenvalue weighted by molar-refractivity contribution is 5.20. The van der Waals surface area contributed by atoms with E-state index in [1.54, 1.807) is 10.9 Å². The molecule has 0 bridgehead atoms. The molecule has 19 heavy (non-hydrogen) atoms. The molecule has 0 aliphatic carbocycles. The van der Waals surface area contributed by atoms with Crippen molar-refractivity contribution in [3.8, 4) is 0 Å². The van der Waals surface area contributed by atoms with E-state index in [0.29, 0.717) is 13.0 Å².